The van der Waals surface area contributed by atoms with E-state index in [1.807, 2.05) is 24.3 Å². The molecule has 0 aliphatic rings. The van der Waals surface area contributed by atoms with Crippen LogP contribution in [-0.4, -0.2) is 32.4 Å². The first-order chi connectivity index (χ1) is 11.2. The van der Waals surface area contributed by atoms with Crippen LogP contribution in [0.25, 0.3) is 0 Å². The van der Waals surface area contributed by atoms with E-state index in [-0.39, 0.29) is 0 Å². The Bertz CT molecular complexity index is 556. The van der Waals surface area contributed by atoms with Crippen LogP contribution in [0.4, 0.5) is 5.69 Å². The molecule has 0 radical (unpaired) electrons. The molecule has 1 aromatic carbocycles. The van der Waals surface area contributed by atoms with E-state index >= 15 is 0 Å². The van der Waals surface area contributed by atoms with Gasteiger partial charge >= 0.3 is 0 Å². The van der Waals surface area contributed by atoms with Crippen molar-refractivity contribution >= 4 is 15.9 Å². The third-order valence-electron chi connectivity index (χ3n) is 3.93. The lowest BCUT2D eigenvalue weighted by atomic mass is 10.1. The molecule has 0 saturated heterocycles. The summed E-state index contributed by atoms with van der Waals surface area (Å²) in [7, 11) is -3.43. The van der Waals surface area contributed by atoms with Crippen molar-refractivity contribution in [2.75, 3.05) is 25.4 Å². The lowest BCUT2D eigenvalue weighted by Gasteiger charge is -2.24. The molecule has 1 aromatic rings. The molecule has 0 saturated carbocycles. The Hall–Kier alpha value is -1.11. The molecular formula is C18H33N3O2S. The van der Waals surface area contributed by atoms with Gasteiger partial charge in [0.1, 0.15) is 0 Å². The van der Waals surface area contributed by atoms with Gasteiger partial charge in [0.05, 0.1) is 0 Å². The molecular weight excluding hydrogens is 322 g/mol. The van der Waals surface area contributed by atoms with Crippen LogP contribution in [0.15, 0.2) is 24.3 Å². The van der Waals surface area contributed by atoms with Crippen molar-refractivity contribution in [3.05, 3.63) is 29.8 Å². The highest BCUT2D eigenvalue weighted by Gasteiger charge is 2.21. The molecule has 0 aliphatic carbocycles. The molecule has 3 N–H and O–H groups in total. The molecule has 0 unspecified atom stereocenters. The van der Waals surface area contributed by atoms with E-state index in [4.69, 9.17) is 5.73 Å². The van der Waals surface area contributed by atoms with Gasteiger partial charge in [-0.1, -0.05) is 39.8 Å². The molecule has 6 heteroatoms. The first-order valence-corrected chi connectivity index (χ1v) is 10.2. The molecule has 0 heterocycles. The summed E-state index contributed by atoms with van der Waals surface area (Å²) in [5.41, 5.74) is 7.45. The molecule has 0 spiro atoms. The maximum Gasteiger partial charge on any atom is 0.279 e. The molecule has 0 bridgehead atoms. The molecule has 0 amide bonds. The Morgan fingerprint density at radius 1 is 1.00 bits per heavy atom. The Kier molecular flexibility index (Phi) is 8.73. The smallest absolute Gasteiger partial charge is 0.279 e. The summed E-state index contributed by atoms with van der Waals surface area (Å²) in [6, 6.07) is 7.53. The highest BCUT2D eigenvalue weighted by molar-refractivity contribution is 7.87. The minimum atomic E-state index is -3.43. The Morgan fingerprint density at radius 2 is 1.50 bits per heavy atom. The summed E-state index contributed by atoms with van der Waals surface area (Å²) in [4.78, 5) is 0. The second kappa shape index (κ2) is 10.0. The molecule has 5 nitrogen and oxygen atoms in total. The van der Waals surface area contributed by atoms with Crippen molar-refractivity contribution in [2.24, 2.45) is 11.8 Å². The second-order valence-electron chi connectivity index (χ2n) is 7.16. The van der Waals surface area contributed by atoms with Gasteiger partial charge in [-0.05, 0) is 48.8 Å². The Balaban J connectivity index is 2.59. The molecule has 0 aromatic heterocycles. The number of nitrogens with one attached hydrogen (secondary N) is 1. The number of hydrogen-bond acceptors (Lipinski definition) is 3. The van der Waals surface area contributed by atoms with Crippen LogP contribution >= 0.6 is 0 Å². The van der Waals surface area contributed by atoms with E-state index in [2.05, 4.69) is 32.4 Å². The summed E-state index contributed by atoms with van der Waals surface area (Å²) in [5.74, 6) is 0.966. The second-order valence-corrected chi connectivity index (χ2v) is 8.91. The first kappa shape index (κ1) is 20.9. The van der Waals surface area contributed by atoms with Gasteiger partial charge in [-0.2, -0.15) is 12.7 Å². The third kappa shape index (κ3) is 8.13. The van der Waals surface area contributed by atoms with Gasteiger partial charge < -0.3 is 5.73 Å². The standard InChI is InChI=1S/C18H33N3O2S/c1-15(2)10-13-21(14-11-16(3)4)24(22,23)20-12-9-17-5-7-18(19)8-6-17/h5-8,15-16,20H,9-14,19H2,1-4H3. The molecule has 0 aliphatic heterocycles. The van der Waals surface area contributed by atoms with Crippen molar-refractivity contribution in [2.45, 2.75) is 47.0 Å². The maximum atomic E-state index is 12.6. The average Bonchev–Trinajstić information content (AvgIpc) is 2.48. The van der Waals surface area contributed by atoms with Gasteiger partial charge in [-0.15, -0.1) is 0 Å². The lowest BCUT2D eigenvalue weighted by Crippen LogP contribution is -2.43. The summed E-state index contributed by atoms with van der Waals surface area (Å²) in [5, 5.41) is 0. The normalized spacial score (nSPS) is 12.5. The van der Waals surface area contributed by atoms with Crippen molar-refractivity contribution < 1.29 is 8.42 Å². The summed E-state index contributed by atoms with van der Waals surface area (Å²) < 4.78 is 29.5. The van der Waals surface area contributed by atoms with Crippen molar-refractivity contribution in [3.63, 3.8) is 0 Å². The minimum absolute atomic E-state index is 0.395. The summed E-state index contributed by atoms with van der Waals surface area (Å²) in [6.07, 6.45) is 2.40. The minimum Gasteiger partial charge on any atom is -0.399 e. The predicted molar refractivity (Wildman–Crippen MR) is 102 cm³/mol. The summed E-state index contributed by atoms with van der Waals surface area (Å²) >= 11 is 0. The predicted octanol–water partition coefficient (Wildman–Crippen LogP) is 3.04. The van der Waals surface area contributed by atoms with E-state index in [1.165, 1.54) is 0 Å². The van der Waals surface area contributed by atoms with Gasteiger partial charge in [0.15, 0.2) is 0 Å². The third-order valence-corrected chi connectivity index (χ3v) is 5.54. The van der Waals surface area contributed by atoms with Crippen LogP contribution in [0, 0.1) is 11.8 Å². The fraction of sp³-hybridized carbons (Fsp3) is 0.667. The number of nitrogen functional groups attached to an aromatic ring is 1. The highest BCUT2D eigenvalue weighted by Crippen LogP contribution is 2.10. The fourth-order valence-corrected chi connectivity index (χ4v) is 3.49. The number of anilines is 1. The quantitative estimate of drug-likeness (QED) is 0.599. The van der Waals surface area contributed by atoms with Crippen molar-refractivity contribution in [1.29, 1.82) is 0 Å². The Morgan fingerprint density at radius 3 is 1.96 bits per heavy atom. The molecule has 1 rings (SSSR count). The van der Waals surface area contributed by atoms with Crippen molar-refractivity contribution in [3.8, 4) is 0 Å². The fourth-order valence-electron chi connectivity index (χ4n) is 2.26. The summed E-state index contributed by atoms with van der Waals surface area (Å²) in [6.45, 7) is 9.99. The number of nitrogens with two attached hydrogens (primary N) is 1. The van der Waals surface area contributed by atoms with Crippen molar-refractivity contribution in [1.82, 2.24) is 9.03 Å². The zero-order chi connectivity index (χ0) is 18.2. The van der Waals surface area contributed by atoms with Crippen LogP contribution in [-0.2, 0) is 16.6 Å². The van der Waals surface area contributed by atoms with Crippen LogP contribution in [0.5, 0.6) is 0 Å². The van der Waals surface area contributed by atoms with Gasteiger partial charge in [-0.25, -0.2) is 4.72 Å². The zero-order valence-electron chi connectivity index (χ0n) is 15.5. The van der Waals surface area contributed by atoms with E-state index in [1.54, 1.807) is 4.31 Å². The number of hydrogen-bond donors (Lipinski definition) is 2. The first-order valence-electron chi connectivity index (χ1n) is 8.80. The molecule has 138 valence electrons. The SMILES string of the molecule is CC(C)CCN(CCC(C)C)S(=O)(=O)NCCc1ccc(N)cc1. The van der Waals surface area contributed by atoms with Gasteiger partial charge in [0.2, 0.25) is 0 Å². The highest BCUT2D eigenvalue weighted by atomic mass is 32.2. The largest absolute Gasteiger partial charge is 0.399 e. The van der Waals surface area contributed by atoms with E-state index in [0.29, 0.717) is 43.6 Å². The van der Waals surface area contributed by atoms with Gasteiger partial charge in [0, 0.05) is 25.3 Å². The number of benzene rings is 1. The maximum absolute atomic E-state index is 12.6. The zero-order valence-corrected chi connectivity index (χ0v) is 16.3. The van der Waals surface area contributed by atoms with Crippen LogP contribution in [0.3, 0.4) is 0 Å². The van der Waals surface area contributed by atoms with E-state index in [0.717, 1.165) is 18.4 Å². The average molecular weight is 356 g/mol. The molecule has 0 atom stereocenters. The van der Waals surface area contributed by atoms with E-state index < -0.39 is 10.2 Å². The number of rotatable bonds is 11. The van der Waals surface area contributed by atoms with Crippen LogP contribution in [0.1, 0.15) is 46.1 Å². The van der Waals surface area contributed by atoms with E-state index in [9.17, 15) is 8.42 Å². The topological polar surface area (TPSA) is 75.4 Å². The monoisotopic (exact) mass is 355 g/mol. The molecule has 0 fully saturated rings. The molecule has 24 heavy (non-hydrogen) atoms. The van der Waals surface area contributed by atoms with Crippen LogP contribution in [0.2, 0.25) is 0 Å². The lowest BCUT2D eigenvalue weighted by molar-refractivity contribution is 0.352. The number of nitrogens with zero attached hydrogens (tertiary/aromatic N) is 1. The Labute approximate surface area is 147 Å². The van der Waals surface area contributed by atoms with Crippen LogP contribution < -0.4 is 10.5 Å². The van der Waals surface area contributed by atoms with Gasteiger partial charge in [-0.3, -0.25) is 0 Å². The van der Waals surface area contributed by atoms with Gasteiger partial charge in [0.25, 0.3) is 10.2 Å².